The lowest BCUT2D eigenvalue weighted by Crippen LogP contribution is -2.04. The van der Waals surface area contributed by atoms with Crippen molar-refractivity contribution in [3.63, 3.8) is 0 Å². The van der Waals surface area contributed by atoms with Crippen LogP contribution >= 0.6 is 22.9 Å². The van der Waals surface area contributed by atoms with Crippen LogP contribution in [0.1, 0.15) is 17.0 Å². The van der Waals surface area contributed by atoms with Crippen molar-refractivity contribution in [2.24, 2.45) is 0 Å². The van der Waals surface area contributed by atoms with E-state index in [0.717, 1.165) is 23.6 Å². The van der Waals surface area contributed by atoms with Gasteiger partial charge in [-0.15, -0.1) is 21.8 Å². The molecule has 102 valence electrons. The summed E-state index contributed by atoms with van der Waals surface area (Å²) >= 11 is 6.87. The Kier molecular flexibility index (Phi) is 4.42. The van der Waals surface area contributed by atoms with Crippen molar-refractivity contribution >= 4 is 22.9 Å². The molecular weight excluding hydrogens is 297 g/mol. The second kappa shape index (κ2) is 5.88. The van der Waals surface area contributed by atoms with E-state index in [1.54, 1.807) is 6.07 Å². The number of aryl methyl sites for hydroxylation is 1. The van der Waals surface area contributed by atoms with Crippen LogP contribution in [0.15, 0.2) is 24.3 Å². The van der Waals surface area contributed by atoms with Crippen LogP contribution in [-0.2, 0) is 12.6 Å². The second-order valence-corrected chi connectivity index (χ2v) is 5.31. The van der Waals surface area contributed by atoms with Gasteiger partial charge >= 0.3 is 6.18 Å². The minimum atomic E-state index is -4.35. The second-order valence-electron chi connectivity index (χ2n) is 3.87. The molecule has 7 heteroatoms. The summed E-state index contributed by atoms with van der Waals surface area (Å²) in [5.74, 6) is 0.526. The fraction of sp³-hybridized carbons (Fsp3) is 0.333. The Labute approximate surface area is 117 Å². The zero-order chi connectivity index (χ0) is 13.9. The molecule has 0 spiro atoms. The Balaban J connectivity index is 2.24. The number of benzene rings is 1. The number of alkyl halides is 4. The fourth-order valence-corrected chi connectivity index (χ4v) is 2.53. The summed E-state index contributed by atoms with van der Waals surface area (Å²) in [6.07, 6.45) is -2.87. The number of hydrogen-bond acceptors (Lipinski definition) is 3. The van der Waals surface area contributed by atoms with E-state index in [2.05, 4.69) is 10.2 Å². The largest absolute Gasteiger partial charge is 0.416 e. The summed E-state index contributed by atoms with van der Waals surface area (Å²) in [5.41, 5.74) is -0.244. The van der Waals surface area contributed by atoms with Crippen LogP contribution < -0.4 is 0 Å². The van der Waals surface area contributed by atoms with Crippen LogP contribution in [0.2, 0.25) is 0 Å². The van der Waals surface area contributed by atoms with Crippen LogP contribution in [0.4, 0.5) is 13.2 Å². The van der Waals surface area contributed by atoms with E-state index in [-0.39, 0.29) is 0 Å². The Morgan fingerprint density at radius 2 is 2.00 bits per heavy atom. The summed E-state index contributed by atoms with van der Waals surface area (Å²) in [6, 6.07) is 5.10. The zero-order valence-electron chi connectivity index (χ0n) is 9.75. The molecule has 0 N–H and O–H groups in total. The van der Waals surface area contributed by atoms with Gasteiger partial charge in [0.1, 0.15) is 10.0 Å². The molecule has 0 aliphatic heterocycles. The van der Waals surface area contributed by atoms with Crippen LogP contribution in [-0.4, -0.2) is 16.1 Å². The number of hydrogen-bond donors (Lipinski definition) is 0. The van der Waals surface area contributed by atoms with Gasteiger partial charge in [-0.25, -0.2) is 0 Å². The molecule has 1 heterocycles. The maximum atomic E-state index is 12.6. The van der Waals surface area contributed by atoms with Crippen molar-refractivity contribution in [3.8, 4) is 10.6 Å². The molecule has 0 radical (unpaired) electrons. The number of rotatable bonds is 4. The predicted molar refractivity (Wildman–Crippen MR) is 69.4 cm³/mol. The number of halogens is 4. The highest BCUT2D eigenvalue weighted by Gasteiger charge is 2.30. The summed E-state index contributed by atoms with van der Waals surface area (Å²) < 4.78 is 37.8. The molecule has 0 saturated carbocycles. The fourth-order valence-electron chi connectivity index (χ4n) is 1.52. The predicted octanol–water partition coefficient (Wildman–Crippen LogP) is 4.40. The monoisotopic (exact) mass is 306 g/mol. The summed E-state index contributed by atoms with van der Waals surface area (Å²) in [6.45, 7) is 0. The van der Waals surface area contributed by atoms with Crippen molar-refractivity contribution in [1.29, 1.82) is 0 Å². The van der Waals surface area contributed by atoms with E-state index >= 15 is 0 Å². The topological polar surface area (TPSA) is 25.8 Å². The van der Waals surface area contributed by atoms with Crippen molar-refractivity contribution in [3.05, 3.63) is 34.8 Å². The average Bonchev–Trinajstić information content (AvgIpc) is 2.84. The molecule has 2 nitrogen and oxygen atoms in total. The van der Waals surface area contributed by atoms with E-state index in [9.17, 15) is 13.2 Å². The smallest absolute Gasteiger partial charge is 0.166 e. The van der Waals surface area contributed by atoms with Crippen molar-refractivity contribution < 1.29 is 13.2 Å². The molecule has 0 unspecified atom stereocenters. The van der Waals surface area contributed by atoms with Gasteiger partial charge in [0, 0.05) is 17.9 Å². The quantitative estimate of drug-likeness (QED) is 0.783. The number of aromatic nitrogens is 2. The summed E-state index contributed by atoms with van der Waals surface area (Å²) in [7, 11) is 0. The zero-order valence-corrected chi connectivity index (χ0v) is 11.3. The lowest BCUT2D eigenvalue weighted by atomic mass is 10.1. The first-order valence-electron chi connectivity index (χ1n) is 5.56. The average molecular weight is 307 g/mol. The normalized spacial score (nSPS) is 11.8. The maximum absolute atomic E-state index is 12.6. The molecule has 0 fully saturated rings. The molecule has 0 aliphatic carbocycles. The first kappa shape index (κ1) is 14.3. The third-order valence-corrected chi connectivity index (χ3v) is 3.73. The highest BCUT2D eigenvalue weighted by molar-refractivity contribution is 7.14. The van der Waals surface area contributed by atoms with Gasteiger partial charge in [0.2, 0.25) is 0 Å². The van der Waals surface area contributed by atoms with Gasteiger partial charge in [-0.2, -0.15) is 13.2 Å². The van der Waals surface area contributed by atoms with Crippen molar-refractivity contribution in [1.82, 2.24) is 10.2 Å². The van der Waals surface area contributed by atoms with Crippen molar-refractivity contribution in [2.75, 3.05) is 5.88 Å². The van der Waals surface area contributed by atoms with E-state index < -0.39 is 11.7 Å². The standard InChI is InChI=1S/C12H10ClF3N2S/c13-6-2-5-10-17-18-11(19-10)8-3-1-4-9(7-8)12(14,15)16/h1,3-4,7H,2,5-6H2. The minimum absolute atomic E-state index is 0.435. The van der Waals surface area contributed by atoms with Gasteiger partial charge in [-0.3, -0.25) is 0 Å². The molecular formula is C12H10ClF3N2S. The van der Waals surface area contributed by atoms with E-state index in [4.69, 9.17) is 11.6 Å². The lowest BCUT2D eigenvalue weighted by molar-refractivity contribution is -0.137. The third kappa shape index (κ3) is 3.67. The molecule has 2 rings (SSSR count). The van der Waals surface area contributed by atoms with Gasteiger partial charge in [-0.05, 0) is 18.6 Å². The Morgan fingerprint density at radius 3 is 2.68 bits per heavy atom. The highest BCUT2D eigenvalue weighted by atomic mass is 35.5. The van der Waals surface area contributed by atoms with Gasteiger partial charge in [0.05, 0.1) is 5.56 Å². The first-order valence-corrected chi connectivity index (χ1v) is 6.92. The summed E-state index contributed by atoms with van der Waals surface area (Å²) in [4.78, 5) is 0. The first-order chi connectivity index (χ1) is 9.00. The molecule has 2 aromatic rings. The van der Waals surface area contributed by atoms with E-state index in [1.807, 2.05) is 0 Å². The Morgan fingerprint density at radius 1 is 1.21 bits per heavy atom. The Bertz CT molecular complexity index is 554. The van der Waals surface area contributed by atoms with Crippen LogP contribution in [0.25, 0.3) is 10.6 Å². The molecule has 0 bridgehead atoms. The van der Waals surface area contributed by atoms with E-state index in [1.165, 1.54) is 17.4 Å². The number of nitrogens with zero attached hydrogens (tertiary/aromatic N) is 2. The van der Waals surface area contributed by atoms with Gasteiger partial charge in [0.25, 0.3) is 0 Å². The SMILES string of the molecule is FC(F)(F)c1cccc(-c2nnc(CCCCl)s2)c1. The minimum Gasteiger partial charge on any atom is -0.166 e. The van der Waals surface area contributed by atoms with Crippen LogP contribution in [0.3, 0.4) is 0 Å². The van der Waals surface area contributed by atoms with Crippen LogP contribution in [0, 0.1) is 0 Å². The molecule has 19 heavy (non-hydrogen) atoms. The molecule has 0 amide bonds. The van der Waals surface area contributed by atoms with Gasteiger partial charge in [-0.1, -0.05) is 23.5 Å². The molecule has 0 atom stereocenters. The van der Waals surface area contributed by atoms with Crippen molar-refractivity contribution in [2.45, 2.75) is 19.0 Å². The molecule has 0 aliphatic rings. The summed E-state index contributed by atoms with van der Waals surface area (Å²) in [5, 5.41) is 9.15. The molecule has 0 saturated heterocycles. The maximum Gasteiger partial charge on any atom is 0.416 e. The van der Waals surface area contributed by atoms with Gasteiger partial charge < -0.3 is 0 Å². The third-order valence-electron chi connectivity index (χ3n) is 2.43. The van der Waals surface area contributed by atoms with Gasteiger partial charge in [0.15, 0.2) is 0 Å². The molecule has 1 aromatic heterocycles. The lowest BCUT2D eigenvalue weighted by Gasteiger charge is -2.06. The molecule has 1 aromatic carbocycles. The van der Waals surface area contributed by atoms with E-state index in [0.29, 0.717) is 22.9 Å². The van der Waals surface area contributed by atoms with Crippen LogP contribution in [0.5, 0.6) is 0 Å². The highest BCUT2D eigenvalue weighted by Crippen LogP contribution is 2.33. The Hall–Kier alpha value is -1.14.